The summed E-state index contributed by atoms with van der Waals surface area (Å²) in [7, 11) is 0. The summed E-state index contributed by atoms with van der Waals surface area (Å²) in [4.78, 5) is 11.9. The number of fused-ring (bicyclic) bond motifs is 1. The smallest absolute Gasteiger partial charge is 0.191 e. The number of likely N-dealkylation sites (tertiary alicyclic amines) is 1. The highest BCUT2D eigenvalue weighted by molar-refractivity contribution is 14.0. The Hall–Kier alpha value is -0.900. The molecule has 2 aliphatic rings. The number of guanidine groups is 1. The van der Waals surface area contributed by atoms with E-state index in [1.54, 1.807) is 0 Å². The number of nitrogens with one attached hydrogen (secondary N) is 2. The van der Waals surface area contributed by atoms with Gasteiger partial charge in [-0.2, -0.15) is 5.10 Å². The molecule has 0 amide bonds. The van der Waals surface area contributed by atoms with Crippen molar-refractivity contribution in [1.29, 1.82) is 0 Å². The molecular formula is C19H36IN7. The molecule has 2 N–H and O–H groups in total. The van der Waals surface area contributed by atoms with E-state index >= 15 is 0 Å². The van der Waals surface area contributed by atoms with Crippen molar-refractivity contribution >= 4 is 29.9 Å². The number of hydrogen-bond acceptors (Lipinski definition) is 4. The van der Waals surface area contributed by atoms with Crippen molar-refractivity contribution in [2.75, 3.05) is 32.7 Å². The number of nitrogens with zero attached hydrogens (tertiary/aromatic N) is 5. The second-order valence-electron chi connectivity index (χ2n) is 7.56. The maximum atomic E-state index is 4.84. The predicted octanol–water partition coefficient (Wildman–Crippen LogP) is 2.20. The fourth-order valence-electron chi connectivity index (χ4n) is 4.02. The highest BCUT2D eigenvalue weighted by atomic mass is 127. The lowest BCUT2D eigenvalue weighted by molar-refractivity contribution is 0.188. The third kappa shape index (κ3) is 6.58. The van der Waals surface area contributed by atoms with Gasteiger partial charge in [0.25, 0.3) is 0 Å². The molecule has 3 heterocycles. The zero-order valence-electron chi connectivity index (χ0n) is 17.1. The first-order valence-electron chi connectivity index (χ1n) is 10.4. The van der Waals surface area contributed by atoms with E-state index in [0.717, 1.165) is 56.0 Å². The molecule has 1 unspecified atom stereocenters. The molecule has 1 saturated heterocycles. The van der Waals surface area contributed by atoms with Gasteiger partial charge in [0.1, 0.15) is 11.6 Å². The van der Waals surface area contributed by atoms with Crippen LogP contribution in [0, 0.1) is 12.8 Å². The van der Waals surface area contributed by atoms with Crippen LogP contribution in [0.3, 0.4) is 0 Å². The van der Waals surface area contributed by atoms with Crippen molar-refractivity contribution in [3.8, 4) is 0 Å². The second-order valence-corrected chi connectivity index (χ2v) is 7.56. The number of piperidine rings is 1. The van der Waals surface area contributed by atoms with Crippen molar-refractivity contribution in [2.24, 2.45) is 10.9 Å². The van der Waals surface area contributed by atoms with Gasteiger partial charge in [-0.3, -0.25) is 4.99 Å². The van der Waals surface area contributed by atoms with E-state index in [-0.39, 0.29) is 24.0 Å². The highest BCUT2D eigenvalue weighted by Crippen LogP contribution is 2.20. The summed E-state index contributed by atoms with van der Waals surface area (Å²) < 4.78 is 2.04. The Balaban J connectivity index is 0.00000261. The van der Waals surface area contributed by atoms with Gasteiger partial charge in [-0.05, 0) is 65.1 Å². The number of halogens is 1. The molecule has 1 aromatic heterocycles. The van der Waals surface area contributed by atoms with Crippen LogP contribution in [0.1, 0.15) is 51.2 Å². The van der Waals surface area contributed by atoms with Gasteiger partial charge in [0, 0.05) is 25.6 Å². The monoisotopic (exact) mass is 489 g/mol. The Morgan fingerprint density at radius 2 is 2.00 bits per heavy atom. The van der Waals surface area contributed by atoms with Gasteiger partial charge in [0.05, 0.1) is 6.54 Å². The molecule has 27 heavy (non-hydrogen) atoms. The SMILES string of the molecule is CCNC(=NCCC1CCN(CC)CC1)NC1CCc2nc(C)nn2C1.I. The van der Waals surface area contributed by atoms with Crippen LogP contribution >= 0.6 is 24.0 Å². The highest BCUT2D eigenvalue weighted by Gasteiger charge is 2.22. The first-order chi connectivity index (χ1) is 12.7. The van der Waals surface area contributed by atoms with Crippen molar-refractivity contribution in [3.63, 3.8) is 0 Å². The van der Waals surface area contributed by atoms with E-state index in [0.29, 0.717) is 6.04 Å². The van der Waals surface area contributed by atoms with E-state index in [1.807, 2.05) is 11.6 Å². The normalized spacial score (nSPS) is 21.4. The Morgan fingerprint density at radius 3 is 2.70 bits per heavy atom. The molecule has 0 radical (unpaired) electrons. The minimum atomic E-state index is 0. The first-order valence-corrected chi connectivity index (χ1v) is 10.4. The number of rotatable bonds is 6. The van der Waals surface area contributed by atoms with Gasteiger partial charge < -0.3 is 15.5 Å². The molecule has 1 aromatic rings. The van der Waals surface area contributed by atoms with Gasteiger partial charge in [-0.1, -0.05) is 6.92 Å². The van der Waals surface area contributed by atoms with Crippen LogP contribution in [0.5, 0.6) is 0 Å². The largest absolute Gasteiger partial charge is 0.357 e. The summed E-state index contributed by atoms with van der Waals surface area (Å²) >= 11 is 0. The van der Waals surface area contributed by atoms with E-state index in [4.69, 9.17) is 4.99 Å². The third-order valence-electron chi connectivity index (χ3n) is 5.61. The Labute approximate surface area is 180 Å². The summed E-state index contributed by atoms with van der Waals surface area (Å²) in [6.07, 6.45) is 5.91. The zero-order valence-corrected chi connectivity index (χ0v) is 19.4. The van der Waals surface area contributed by atoms with Crippen LogP contribution < -0.4 is 10.6 Å². The summed E-state index contributed by atoms with van der Waals surface area (Å²) in [5.41, 5.74) is 0. The molecular weight excluding hydrogens is 453 g/mol. The lowest BCUT2D eigenvalue weighted by Crippen LogP contribution is -2.47. The van der Waals surface area contributed by atoms with E-state index in [2.05, 4.69) is 39.5 Å². The molecule has 0 bridgehead atoms. The molecule has 1 fully saturated rings. The van der Waals surface area contributed by atoms with Gasteiger partial charge in [0.2, 0.25) is 0 Å². The van der Waals surface area contributed by atoms with E-state index in [9.17, 15) is 0 Å². The maximum Gasteiger partial charge on any atom is 0.191 e. The third-order valence-corrected chi connectivity index (χ3v) is 5.61. The quantitative estimate of drug-likeness (QED) is 0.364. The zero-order chi connectivity index (χ0) is 18.4. The standard InChI is InChI=1S/C19H35N7.HI/c1-4-20-19(21-11-8-16-9-12-25(5-2)13-10-16)23-17-6-7-18-22-15(3)24-26(18)14-17;/h16-17H,4-14H2,1-3H3,(H2,20,21,23);1H. The predicted molar refractivity (Wildman–Crippen MR) is 121 cm³/mol. The molecule has 154 valence electrons. The van der Waals surface area contributed by atoms with Crippen molar-refractivity contribution in [1.82, 2.24) is 30.3 Å². The topological polar surface area (TPSA) is 70.4 Å². The average Bonchev–Trinajstić information content (AvgIpc) is 3.02. The summed E-state index contributed by atoms with van der Waals surface area (Å²) in [6.45, 7) is 12.7. The van der Waals surface area contributed by atoms with Crippen LogP contribution in [0.25, 0.3) is 0 Å². The van der Waals surface area contributed by atoms with Crippen LogP contribution in [0.2, 0.25) is 0 Å². The number of aromatic nitrogens is 3. The fourth-order valence-corrected chi connectivity index (χ4v) is 4.02. The average molecular weight is 489 g/mol. The Morgan fingerprint density at radius 1 is 1.22 bits per heavy atom. The minimum Gasteiger partial charge on any atom is -0.357 e. The molecule has 3 rings (SSSR count). The molecule has 0 aliphatic carbocycles. The lowest BCUT2D eigenvalue weighted by atomic mass is 9.94. The molecule has 1 atom stereocenters. The number of hydrogen-bond donors (Lipinski definition) is 2. The van der Waals surface area contributed by atoms with Crippen LogP contribution in [-0.2, 0) is 13.0 Å². The van der Waals surface area contributed by atoms with Gasteiger partial charge >= 0.3 is 0 Å². The van der Waals surface area contributed by atoms with E-state index in [1.165, 1.54) is 38.9 Å². The fraction of sp³-hybridized carbons (Fsp3) is 0.842. The van der Waals surface area contributed by atoms with Crippen molar-refractivity contribution in [3.05, 3.63) is 11.6 Å². The van der Waals surface area contributed by atoms with Crippen molar-refractivity contribution < 1.29 is 0 Å². The van der Waals surface area contributed by atoms with Gasteiger partial charge in [-0.25, -0.2) is 9.67 Å². The Kier molecular flexibility index (Phi) is 9.28. The summed E-state index contributed by atoms with van der Waals surface area (Å²) in [5.74, 6) is 3.76. The van der Waals surface area contributed by atoms with Crippen molar-refractivity contribution in [2.45, 2.75) is 65.5 Å². The molecule has 7 nitrogen and oxygen atoms in total. The molecule has 0 spiro atoms. The second kappa shape index (κ2) is 11.2. The van der Waals surface area contributed by atoms with Crippen LogP contribution in [0.15, 0.2) is 4.99 Å². The van der Waals surface area contributed by atoms with Gasteiger partial charge in [0.15, 0.2) is 5.96 Å². The molecule has 2 aliphatic heterocycles. The Bertz CT molecular complexity index is 593. The number of aryl methyl sites for hydroxylation is 2. The van der Waals surface area contributed by atoms with Crippen LogP contribution in [-0.4, -0.2) is 64.4 Å². The van der Waals surface area contributed by atoms with Crippen LogP contribution in [0.4, 0.5) is 0 Å². The first kappa shape index (κ1) is 22.4. The van der Waals surface area contributed by atoms with E-state index < -0.39 is 0 Å². The van der Waals surface area contributed by atoms with Gasteiger partial charge in [-0.15, -0.1) is 24.0 Å². The summed E-state index contributed by atoms with van der Waals surface area (Å²) in [6, 6.07) is 0.370. The molecule has 8 heteroatoms. The lowest BCUT2D eigenvalue weighted by Gasteiger charge is -2.30. The maximum absolute atomic E-state index is 4.84. The summed E-state index contributed by atoms with van der Waals surface area (Å²) in [5, 5.41) is 11.5. The minimum absolute atomic E-state index is 0. The molecule has 0 aromatic carbocycles. The number of aliphatic imine (C=N–C) groups is 1. The molecule has 0 saturated carbocycles.